The molecular weight excluding hydrogens is 416 g/mol. The largest absolute Gasteiger partial charge is 0.354 e. The van der Waals surface area contributed by atoms with E-state index >= 15 is 0 Å². The summed E-state index contributed by atoms with van der Waals surface area (Å²) in [6.45, 7) is 0.705. The van der Waals surface area contributed by atoms with Gasteiger partial charge in [-0.2, -0.15) is 4.98 Å². The molecule has 1 aromatic rings. The van der Waals surface area contributed by atoms with Gasteiger partial charge in [-0.25, -0.2) is 8.42 Å². The molecule has 10 heteroatoms. The molecule has 0 radical (unpaired) electrons. The molecular formula is C21H28N6O3S. The first-order valence-corrected chi connectivity index (χ1v) is 12.3. The maximum Gasteiger partial charge on any atom is 0.261 e. The van der Waals surface area contributed by atoms with E-state index in [4.69, 9.17) is 0 Å². The highest BCUT2D eigenvalue weighted by Gasteiger charge is 2.30. The lowest BCUT2D eigenvalue weighted by Crippen LogP contribution is -2.50. The predicted molar refractivity (Wildman–Crippen MR) is 122 cm³/mol. The van der Waals surface area contributed by atoms with Crippen molar-refractivity contribution in [3.8, 4) is 11.3 Å². The summed E-state index contributed by atoms with van der Waals surface area (Å²) in [4.78, 5) is 23.0. The van der Waals surface area contributed by atoms with Gasteiger partial charge in [-0.05, 0) is 38.1 Å². The number of hydrogen-bond donors (Lipinski definition) is 5. The molecule has 0 saturated heterocycles. The Morgan fingerprint density at radius 1 is 1.19 bits per heavy atom. The highest BCUT2D eigenvalue weighted by molar-refractivity contribution is 7.90. The van der Waals surface area contributed by atoms with E-state index in [1.54, 1.807) is 18.3 Å². The van der Waals surface area contributed by atoms with Crippen LogP contribution in [0.15, 0.2) is 40.2 Å². The van der Waals surface area contributed by atoms with Crippen LogP contribution < -0.4 is 21.5 Å². The number of anilines is 3. The van der Waals surface area contributed by atoms with Crippen LogP contribution in [0.1, 0.15) is 32.1 Å². The molecule has 3 aliphatic rings. The standard InChI is InChI=1S/C21H28N6O3S/c1-22-21(9-4-3-5-10-21)13-24-20-26-16-12-23-19(28)17(16)18(27-20)25-14-7-6-8-15(11-14)31(2,29)30/h6-8,11-12,22,25H,3-5,9-10,13H2,1-2H3,(H,23,28)(H2,24,26,27). The third-order valence-electron chi connectivity index (χ3n) is 6.02. The molecule has 0 unspecified atom stereocenters. The fourth-order valence-electron chi connectivity index (χ4n) is 4.17. The van der Waals surface area contributed by atoms with Crippen LogP contribution in [0.2, 0.25) is 0 Å². The Morgan fingerprint density at radius 2 is 1.97 bits per heavy atom. The van der Waals surface area contributed by atoms with Gasteiger partial charge in [-0.3, -0.25) is 4.79 Å². The second-order valence-corrected chi connectivity index (χ2v) is 10.2. The van der Waals surface area contributed by atoms with Crippen LogP contribution in [0.4, 0.5) is 17.5 Å². The molecule has 1 fully saturated rings. The maximum atomic E-state index is 12.3. The lowest BCUT2D eigenvalue weighted by atomic mass is 9.82. The highest BCUT2D eigenvalue weighted by atomic mass is 32.2. The summed E-state index contributed by atoms with van der Waals surface area (Å²) in [5.41, 5.74) is 1.28. The number of nitrogens with zero attached hydrogens (tertiary/aromatic N) is 1. The van der Waals surface area contributed by atoms with Gasteiger partial charge in [-0.15, -0.1) is 0 Å². The molecule has 0 bridgehead atoms. The van der Waals surface area contributed by atoms with Gasteiger partial charge in [0, 0.05) is 30.2 Å². The van der Waals surface area contributed by atoms with Crippen molar-refractivity contribution in [1.29, 1.82) is 0 Å². The number of hydrogen-bond acceptors (Lipinski definition) is 7. The third-order valence-corrected chi connectivity index (χ3v) is 7.13. The molecule has 5 N–H and O–H groups in total. The van der Waals surface area contributed by atoms with Crippen LogP contribution in [-0.4, -0.2) is 48.8 Å². The molecule has 31 heavy (non-hydrogen) atoms. The van der Waals surface area contributed by atoms with Crippen molar-refractivity contribution < 1.29 is 8.42 Å². The molecule has 1 aromatic carbocycles. The van der Waals surface area contributed by atoms with Gasteiger partial charge in [0.1, 0.15) is 11.4 Å². The van der Waals surface area contributed by atoms with Gasteiger partial charge >= 0.3 is 0 Å². The summed E-state index contributed by atoms with van der Waals surface area (Å²) in [5, 5.41) is 9.98. The molecule has 2 aliphatic heterocycles. The zero-order valence-electron chi connectivity index (χ0n) is 17.7. The molecule has 4 rings (SSSR count). The van der Waals surface area contributed by atoms with Crippen LogP contribution in [-0.2, 0) is 9.84 Å². The molecule has 166 valence electrons. The summed E-state index contributed by atoms with van der Waals surface area (Å²) in [6.07, 6.45) is 8.60. The van der Waals surface area contributed by atoms with Crippen LogP contribution in [0, 0.1) is 0 Å². The minimum absolute atomic E-state index is 0.0158. The molecule has 1 aliphatic carbocycles. The van der Waals surface area contributed by atoms with Crippen molar-refractivity contribution in [2.45, 2.75) is 42.5 Å². The number of aromatic amines is 2. The molecule has 1 saturated carbocycles. The minimum atomic E-state index is -3.35. The van der Waals surface area contributed by atoms with E-state index in [1.807, 2.05) is 7.05 Å². The fraction of sp³-hybridized carbons (Fsp3) is 0.429. The van der Waals surface area contributed by atoms with E-state index in [2.05, 4.69) is 30.9 Å². The lowest BCUT2D eigenvalue weighted by molar-refractivity contribution is 0.261. The molecule has 0 atom stereocenters. The highest BCUT2D eigenvalue weighted by Crippen LogP contribution is 2.30. The SMILES string of the molecule is CNC1(CNc2nc(Nc3cccc(S(C)(=O)=O)c3)c3c(=O)[nH]cc-3[nH]2)CCCCC1. The fourth-order valence-corrected chi connectivity index (χ4v) is 4.84. The van der Waals surface area contributed by atoms with E-state index in [0.29, 0.717) is 35.3 Å². The number of nitrogens with one attached hydrogen (secondary N) is 5. The number of likely N-dealkylation sites (N-methyl/N-ethyl adjacent to an activating group) is 1. The normalized spacial score (nSPS) is 16.3. The van der Waals surface area contributed by atoms with Crippen molar-refractivity contribution in [3.05, 3.63) is 40.8 Å². The number of rotatable bonds is 7. The molecule has 0 amide bonds. The second-order valence-electron chi connectivity index (χ2n) is 8.21. The average Bonchev–Trinajstić information content (AvgIpc) is 3.13. The van der Waals surface area contributed by atoms with Crippen LogP contribution >= 0.6 is 0 Å². The van der Waals surface area contributed by atoms with Gasteiger partial charge in [-0.1, -0.05) is 25.3 Å². The number of aromatic nitrogens is 3. The van der Waals surface area contributed by atoms with Crippen molar-refractivity contribution in [1.82, 2.24) is 20.3 Å². The Kier molecular flexibility index (Phi) is 5.76. The second kappa shape index (κ2) is 8.35. The van der Waals surface area contributed by atoms with Gasteiger partial charge < -0.3 is 25.9 Å². The van der Waals surface area contributed by atoms with Crippen molar-refractivity contribution in [3.63, 3.8) is 0 Å². The van der Waals surface area contributed by atoms with Gasteiger partial charge in [0.25, 0.3) is 5.56 Å². The summed E-state index contributed by atoms with van der Waals surface area (Å²) in [7, 11) is -1.36. The summed E-state index contributed by atoms with van der Waals surface area (Å²) in [5.74, 6) is 0.892. The third kappa shape index (κ3) is 4.59. The summed E-state index contributed by atoms with van der Waals surface area (Å²) >= 11 is 0. The Labute approximate surface area is 181 Å². The van der Waals surface area contributed by atoms with E-state index < -0.39 is 9.84 Å². The van der Waals surface area contributed by atoms with Gasteiger partial charge in [0.15, 0.2) is 9.84 Å². The topological polar surface area (TPSA) is 132 Å². The molecule has 9 nitrogen and oxygen atoms in total. The van der Waals surface area contributed by atoms with Crippen molar-refractivity contribution >= 4 is 27.3 Å². The van der Waals surface area contributed by atoms with Crippen LogP contribution in [0.25, 0.3) is 11.3 Å². The van der Waals surface area contributed by atoms with E-state index in [0.717, 1.165) is 19.1 Å². The Morgan fingerprint density at radius 3 is 2.68 bits per heavy atom. The van der Waals surface area contributed by atoms with Crippen molar-refractivity contribution in [2.24, 2.45) is 0 Å². The lowest BCUT2D eigenvalue weighted by Gasteiger charge is -2.37. The maximum absolute atomic E-state index is 12.3. The number of fused-ring (bicyclic) bond motifs is 1. The zero-order chi connectivity index (χ0) is 22.1. The predicted octanol–water partition coefficient (Wildman–Crippen LogP) is 2.68. The van der Waals surface area contributed by atoms with Gasteiger partial charge in [0.2, 0.25) is 5.95 Å². The monoisotopic (exact) mass is 444 g/mol. The Bertz CT molecular complexity index is 1190. The molecule has 2 heterocycles. The van der Waals surface area contributed by atoms with Gasteiger partial charge in [0.05, 0.1) is 10.6 Å². The Hall–Kier alpha value is -2.85. The minimum Gasteiger partial charge on any atom is -0.354 e. The first kappa shape index (κ1) is 21.4. The van der Waals surface area contributed by atoms with E-state index in [-0.39, 0.29) is 16.0 Å². The molecule has 0 aromatic heterocycles. The zero-order valence-corrected chi connectivity index (χ0v) is 18.5. The summed E-state index contributed by atoms with van der Waals surface area (Å²) in [6, 6.07) is 6.45. The van der Waals surface area contributed by atoms with E-state index in [1.165, 1.54) is 31.4 Å². The van der Waals surface area contributed by atoms with Crippen LogP contribution in [0.5, 0.6) is 0 Å². The van der Waals surface area contributed by atoms with E-state index in [9.17, 15) is 13.2 Å². The van der Waals surface area contributed by atoms with Crippen LogP contribution in [0.3, 0.4) is 0 Å². The number of sulfone groups is 1. The first-order valence-electron chi connectivity index (χ1n) is 10.4. The smallest absolute Gasteiger partial charge is 0.261 e. The quantitative estimate of drug-likeness (QED) is 0.378. The number of benzene rings is 1. The average molecular weight is 445 g/mol. The summed E-state index contributed by atoms with van der Waals surface area (Å²) < 4.78 is 23.8. The molecule has 0 spiro atoms. The number of H-pyrrole nitrogens is 2. The van der Waals surface area contributed by atoms with Crippen molar-refractivity contribution in [2.75, 3.05) is 30.5 Å². The Balaban J connectivity index is 1.64. The first-order chi connectivity index (χ1) is 14.8.